The van der Waals surface area contributed by atoms with E-state index >= 15 is 0 Å². The van der Waals surface area contributed by atoms with E-state index in [9.17, 15) is 0 Å². The highest BCUT2D eigenvalue weighted by molar-refractivity contribution is 5.85. The summed E-state index contributed by atoms with van der Waals surface area (Å²) in [6.07, 6.45) is 1.79. The first-order valence-electron chi connectivity index (χ1n) is 6.34. The van der Waals surface area contributed by atoms with Crippen LogP contribution >= 0.6 is 12.4 Å². The molecule has 1 saturated heterocycles. The van der Waals surface area contributed by atoms with Gasteiger partial charge in [0.05, 0.1) is 0 Å². The van der Waals surface area contributed by atoms with E-state index in [4.69, 9.17) is 5.73 Å². The standard InChI is InChI=1S/C14H18N4.ClH/c15-14-10-18(8-12-6-7-16-17-12)9-13(14)11-4-2-1-3-5-11;/h1-7,13-14H,8-10,15H2,(H,16,17);1H/t13-,14+;/m0./s1. The van der Waals surface area contributed by atoms with Crippen molar-refractivity contribution in [1.29, 1.82) is 0 Å². The van der Waals surface area contributed by atoms with E-state index in [0.29, 0.717) is 5.92 Å². The van der Waals surface area contributed by atoms with Crippen molar-refractivity contribution in [2.24, 2.45) is 5.73 Å². The number of likely N-dealkylation sites (tertiary alicyclic amines) is 1. The molecular formula is C14H19ClN4. The van der Waals surface area contributed by atoms with Crippen molar-refractivity contribution in [2.75, 3.05) is 13.1 Å². The summed E-state index contributed by atoms with van der Waals surface area (Å²) in [6.45, 7) is 2.86. The number of hydrogen-bond donors (Lipinski definition) is 2. The Morgan fingerprint density at radius 2 is 2.00 bits per heavy atom. The van der Waals surface area contributed by atoms with Crippen molar-refractivity contribution in [3.05, 3.63) is 53.9 Å². The van der Waals surface area contributed by atoms with Crippen LogP contribution in [0, 0.1) is 0 Å². The van der Waals surface area contributed by atoms with E-state index in [1.165, 1.54) is 5.56 Å². The molecule has 1 aromatic carbocycles. The molecule has 0 bridgehead atoms. The van der Waals surface area contributed by atoms with Gasteiger partial charge in [0.1, 0.15) is 0 Å². The highest BCUT2D eigenvalue weighted by atomic mass is 35.5. The number of H-pyrrole nitrogens is 1. The summed E-state index contributed by atoms with van der Waals surface area (Å²) >= 11 is 0. The summed E-state index contributed by atoms with van der Waals surface area (Å²) in [7, 11) is 0. The zero-order chi connectivity index (χ0) is 12.4. The van der Waals surface area contributed by atoms with Crippen molar-refractivity contribution in [1.82, 2.24) is 15.1 Å². The fraction of sp³-hybridized carbons (Fsp3) is 0.357. The third-order valence-electron chi connectivity index (χ3n) is 3.62. The second-order valence-corrected chi connectivity index (χ2v) is 4.96. The lowest BCUT2D eigenvalue weighted by molar-refractivity contribution is 0.319. The van der Waals surface area contributed by atoms with E-state index in [-0.39, 0.29) is 18.4 Å². The summed E-state index contributed by atoms with van der Waals surface area (Å²) in [5, 5.41) is 6.98. The van der Waals surface area contributed by atoms with Crippen molar-refractivity contribution in [3.8, 4) is 0 Å². The third-order valence-corrected chi connectivity index (χ3v) is 3.62. The first-order chi connectivity index (χ1) is 8.83. The Labute approximate surface area is 119 Å². The van der Waals surface area contributed by atoms with E-state index in [0.717, 1.165) is 25.3 Å². The van der Waals surface area contributed by atoms with E-state index in [2.05, 4.69) is 39.4 Å². The minimum atomic E-state index is 0. The van der Waals surface area contributed by atoms with Gasteiger partial charge in [-0.2, -0.15) is 5.10 Å². The zero-order valence-corrected chi connectivity index (χ0v) is 11.5. The van der Waals surface area contributed by atoms with Gasteiger partial charge in [-0.1, -0.05) is 30.3 Å². The quantitative estimate of drug-likeness (QED) is 0.899. The van der Waals surface area contributed by atoms with Gasteiger partial charge in [-0.15, -0.1) is 12.4 Å². The molecule has 0 aliphatic carbocycles. The maximum atomic E-state index is 6.26. The van der Waals surface area contributed by atoms with Crippen molar-refractivity contribution in [3.63, 3.8) is 0 Å². The average molecular weight is 279 g/mol. The molecule has 0 unspecified atom stereocenters. The van der Waals surface area contributed by atoms with Crippen molar-refractivity contribution < 1.29 is 0 Å². The number of aromatic nitrogens is 2. The minimum absolute atomic E-state index is 0. The maximum absolute atomic E-state index is 6.26. The Bertz CT molecular complexity index is 485. The molecule has 4 nitrogen and oxygen atoms in total. The fourth-order valence-electron chi connectivity index (χ4n) is 2.71. The van der Waals surface area contributed by atoms with Crippen LogP contribution in [0.5, 0.6) is 0 Å². The topological polar surface area (TPSA) is 57.9 Å². The molecule has 0 spiro atoms. The predicted octanol–water partition coefficient (Wildman–Crippen LogP) is 1.76. The van der Waals surface area contributed by atoms with Crippen LogP contribution in [0.3, 0.4) is 0 Å². The molecule has 1 fully saturated rings. The molecule has 0 amide bonds. The first kappa shape index (κ1) is 14.1. The Hall–Kier alpha value is -1.36. The lowest BCUT2D eigenvalue weighted by Gasteiger charge is -2.15. The number of nitrogens with two attached hydrogens (primary N) is 1. The fourth-order valence-corrected chi connectivity index (χ4v) is 2.71. The molecule has 2 atom stereocenters. The minimum Gasteiger partial charge on any atom is -0.326 e. The monoisotopic (exact) mass is 278 g/mol. The molecule has 19 heavy (non-hydrogen) atoms. The summed E-state index contributed by atoms with van der Waals surface area (Å²) < 4.78 is 0. The van der Waals surface area contributed by atoms with Gasteiger partial charge in [0.2, 0.25) is 0 Å². The number of aromatic amines is 1. The highest BCUT2D eigenvalue weighted by Gasteiger charge is 2.31. The molecular weight excluding hydrogens is 260 g/mol. The largest absolute Gasteiger partial charge is 0.326 e. The summed E-state index contributed by atoms with van der Waals surface area (Å²) in [5.74, 6) is 0.439. The number of benzene rings is 1. The molecule has 0 radical (unpaired) electrons. The van der Waals surface area contributed by atoms with Gasteiger partial charge >= 0.3 is 0 Å². The Balaban J connectivity index is 0.00000133. The van der Waals surface area contributed by atoms with Crippen molar-refractivity contribution >= 4 is 12.4 Å². The predicted molar refractivity (Wildman–Crippen MR) is 78.3 cm³/mol. The molecule has 5 heteroatoms. The highest BCUT2D eigenvalue weighted by Crippen LogP contribution is 2.26. The van der Waals surface area contributed by atoms with Crippen LogP contribution in [0.2, 0.25) is 0 Å². The molecule has 102 valence electrons. The van der Waals surface area contributed by atoms with Crippen LogP contribution in [-0.4, -0.2) is 34.2 Å². The molecule has 2 aromatic rings. The summed E-state index contributed by atoms with van der Waals surface area (Å²) in [5.41, 5.74) is 8.76. The Morgan fingerprint density at radius 3 is 2.68 bits per heavy atom. The van der Waals surface area contributed by atoms with E-state index in [1.54, 1.807) is 6.20 Å². The van der Waals surface area contributed by atoms with Crippen LogP contribution in [0.1, 0.15) is 17.2 Å². The SMILES string of the molecule is Cl.N[C@@H]1CN(Cc2ccn[nH]2)C[C@H]1c1ccccc1. The van der Waals surface area contributed by atoms with Crippen LogP contribution in [0.25, 0.3) is 0 Å². The lowest BCUT2D eigenvalue weighted by Crippen LogP contribution is -2.28. The smallest absolute Gasteiger partial charge is 0.0492 e. The second kappa shape index (κ2) is 6.19. The second-order valence-electron chi connectivity index (χ2n) is 4.96. The maximum Gasteiger partial charge on any atom is 0.0492 e. The number of nitrogens with zero attached hydrogens (tertiary/aromatic N) is 2. The molecule has 3 rings (SSSR count). The number of nitrogens with one attached hydrogen (secondary N) is 1. The van der Waals surface area contributed by atoms with E-state index < -0.39 is 0 Å². The number of hydrogen-bond acceptors (Lipinski definition) is 3. The molecule has 0 saturated carbocycles. The Kier molecular flexibility index (Phi) is 4.58. The van der Waals surface area contributed by atoms with Crippen LogP contribution in [-0.2, 0) is 6.54 Å². The van der Waals surface area contributed by atoms with Crippen molar-refractivity contribution in [2.45, 2.75) is 18.5 Å². The van der Waals surface area contributed by atoms with Crippen LogP contribution < -0.4 is 5.73 Å². The first-order valence-corrected chi connectivity index (χ1v) is 6.34. The van der Waals surface area contributed by atoms with Crippen LogP contribution in [0.4, 0.5) is 0 Å². The summed E-state index contributed by atoms with van der Waals surface area (Å²) in [6, 6.07) is 12.8. The number of halogens is 1. The molecule has 1 aliphatic heterocycles. The molecule has 1 aromatic heterocycles. The molecule has 3 N–H and O–H groups in total. The molecule has 2 heterocycles. The van der Waals surface area contributed by atoms with Crippen LogP contribution in [0.15, 0.2) is 42.6 Å². The third kappa shape index (κ3) is 3.15. The molecule has 1 aliphatic rings. The van der Waals surface area contributed by atoms with Gasteiger partial charge in [0, 0.05) is 43.5 Å². The van der Waals surface area contributed by atoms with Gasteiger partial charge < -0.3 is 5.73 Å². The van der Waals surface area contributed by atoms with Gasteiger partial charge in [0.25, 0.3) is 0 Å². The van der Waals surface area contributed by atoms with Gasteiger partial charge in [-0.25, -0.2) is 0 Å². The zero-order valence-electron chi connectivity index (χ0n) is 10.7. The normalized spacial score (nSPS) is 23.2. The lowest BCUT2D eigenvalue weighted by atomic mass is 9.95. The Morgan fingerprint density at radius 1 is 1.21 bits per heavy atom. The summed E-state index contributed by atoms with van der Waals surface area (Å²) in [4.78, 5) is 2.38. The average Bonchev–Trinajstić information content (AvgIpc) is 3.01. The number of rotatable bonds is 3. The van der Waals surface area contributed by atoms with E-state index in [1.807, 2.05) is 12.1 Å². The van der Waals surface area contributed by atoms with Gasteiger partial charge in [-0.3, -0.25) is 10.00 Å². The van der Waals surface area contributed by atoms with Gasteiger partial charge in [0.15, 0.2) is 0 Å². The van der Waals surface area contributed by atoms with Gasteiger partial charge in [-0.05, 0) is 11.6 Å².